The van der Waals surface area contributed by atoms with Crippen molar-refractivity contribution in [3.63, 3.8) is 0 Å². The third kappa shape index (κ3) is 3.12. The largest absolute Gasteiger partial charge is 0.337 e. The van der Waals surface area contributed by atoms with Gasteiger partial charge in [0.25, 0.3) is 5.91 Å². The van der Waals surface area contributed by atoms with Gasteiger partial charge in [-0.2, -0.15) is 4.31 Å². The maximum absolute atomic E-state index is 13.7. The van der Waals surface area contributed by atoms with Gasteiger partial charge < -0.3 is 4.90 Å². The minimum Gasteiger partial charge on any atom is -0.337 e. The highest BCUT2D eigenvalue weighted by Gasteiger charge is 2.37. The Balaban J connectivity index is 1.78. The highest BCUT2D eigenvalue weighted by Crippen LogP contribution is 2.25. The summed E-state index contributed by atoms with van der Waals surface area (Å²) in [4.78, 5) is 14.3. The number of carbonyl (C=O) groups is 1. The predicted octanol–water partition coefficient (Wildman–Crippen LogP) is 1.77. The molecule has 0 saturated carbocycles. The molecule has 0 aromatic heterocycles. The molecule has 1 aromatic carbocycles. The van der Waals surface area contributed by atoms with Gasteiger partial charge in [0.1, 0.15) is 5.82 Å². The molecular formula is C16H21FN2O3S. The highest BCUT2D eigenvalue weighted by atomic mass is 32.2. The number of piperidine rings is 1. The second-order valence-electron chi connectivity index (χ2n) is 6.24. The molecule has 2 fully saturated rings. The van der Waals surface area contributed by atoms with Gasteiger partial charge in [-0.25, -0.2) is 12.8 Å². The van der Waals surface area contributed by atoms with Crippen molar-refractivity contribution in [1.29, 1.82) is 0 Å². The molecule has 2 saturated heterocycles. The Hall–Kier alpha value is -1.47. The van der Waals surface area contributed by atoms with E-state index in [1.807, 2.05) is 0 Å². The van der Waals surface area contributed by atoms with E-state index in [1.165, 1.54) is 12.1 Å². The summed E-state index contributed by atoms with van der Waals surface area (Å²) in [7, 11) is -3.18. The maximum Gasteiger partial charge on any atom is 0.254 e. The summed E-state index contributed by atoms with van der Waals surface area (Å²) in [5.41, 5.74) is 0.698. The Morgan fingerprint density at radius 2 is 2.04 bits per heavy atom. The third-order valence-electron chi connectivity index (χ3n) is 4.73. The molecule has 1 amide bonds. The summed E-state index contributed by atoms with van der Waals surface area (Å²) in [6.45, 7) is 3.09. The smallest absolute Gasteiger partial charge is 0.254 e. The zero-order chi connectivity index (χ0) is 16.6. The molecule has 0 N–H and O–H groups in total. The van der Waals surface area contributed by atoms with Gasteiger partial charge >= 0.3 is 0 Å². The highest BCUT2D eigenvalue weighted by molar-refractivity contribution is 7.89. The van der Waals surface area contributed by atoms with Crippen LogP contribution in [0.1, 0.15) is 35.2 Å². The number of sulfonamides is 1. The van der Waals surface area contributed by atoms with E-state index in [4.69, 9.17) is 0 Å². The number of likely N-dealkylation sites (tertiary alicyclic amines) is 1. The lowest BCUT2D eigenvalue weighted by atomic mass is 10.0. The number of nitrogens with zero attached hydrogens (tertiary/aromatic N) is 2. The summed E-state index contributed by atoms with van der Waals surface area (Å²) < 4.78 is 39.4. The van der Waals surface area contributed by atoms with E-state index in [9.17, 15) is 17.6 Å². The van der Waals surface area contributed by atoms with Crippen LogP contribution in [0.3, 0.4) is 0 Å². The number of carbonyl (C=O) groups excluding carboxylic acids is 1. The van der Waals surface area contributed by atoms with Crippen LogP contribution in [0.2, 0.25) is 0 Å². The molecule has 0 aliphatic carbocycles. The van der Waals surface area contributed by atoms with E-state index in [1.54, 1.807) is 22.2 Å². The summed E-state index contributed by atoms with van der Waals surface area (Å²) in [6, 6.07) is 4.33. The van der Waals surface area contributed by atoms with Crippen LogP contribution in [0.15, 0.2) is 18.2 Å². The fraction of sp³-hybridized carbons (Fsp3) is 0.562. The third-order valence-corrected chi connectivity index (χ3v) is 6.73. The van der Waals surface area contributed by atoms with Gasteiger partial charge in [-0.1, -0.05) is 6.07 Å². The Bertz CT molecular complexity index is 720. The van der Waals surface area contributed by atoms with Gasteiger partial charge in [0.05, 0.1) is 5.75 Å². The average molecular weight is 340 g/mol. The van der Waals surface area contributed by atoms with Crippen LogP contribution in [0.25, 0.3) is 0 Å². The lowest BCUT2D eigenvalue weighted by Crippen LogP contribution is -2.50. The second kappa shape index (κ2) is 6.20. The molecule has 3 rings (SSSR count). The number of benzene rings is 1. The van der Waals surface area contributed by atoms with Crippen LogP contribution in [-0.2, 0) is 10.0 Å². The van der Waals surface area contributed by atoms with Crippen LogP contribution < -0.4 is 0 Å². The van der Waals surface area contributed by atoms with E-state index < -0.39 is 15.8 Å². The van der Waals surface area contributed by atoms with Gasteiger partial charge in [0, 0.05) is 31.2 Å². The summed E-state index contributed by atoms with van der Waals surface area (Å²) >= 11 is 0. The first-order valence-electron chi connectivity index (χ1n) is 7.94. The predicted molar refractivity (Wildman–Crippen MR) is 85.2 cm³/mol. The number of halogens is 1. The molecule has 7 heteroatoms. The average Bonchev–Trinajstić information content (AvgIpc) is 2.89. The summed E-state index contributed by atoms with van der Waals surface area (Å²) in [5.74, 6) is -0.421. The van der Waals surface area contributed by atoms with Gasteiger partial charge in [0.2, 0.25) is 10.0 Å². The lowest BCUT2D eigenvalue weighted by Gasteiger charge is -2.37. The van der Waals surface area contributed by atoms with Crippen molar-refractivity contribution in [2.75, 3.05) is 25.4 Å². The van der Waals surface area contributed by atoms with Crippen LogP contribution in [0.4, 0.5) is 4.39 Å². The Morgan fingerprint density at radius 3 is 2.74 bits per heavy atom. The molecule has 5 nitrogen and oxygen atoms in total. The van der Waals surface area contributed by atoms with Crippen LogP contribution in [0, 0.1) is 12.7 Å². The number of hydrogen-bond acceptors (Lipinski definition) is 3. The van der Waals surface area contributed by atoms with Crippen LogP contribution in [-0.4, -0.2) is 55.0 Å². The monoisotopic (exact) mass is 340 g/mol. The van der Waals surface area contributed by atoms with E-state index in [2.05, 4.69) is 0 Å². The molecule has 2 heterocycles. The molecule has 23 heavy (non-hydrogen) atoms. The van der Waals surface area contributed by atoms with Gasteiger partial charge in [-0.05, 0) is 43.9 Å². The zero-order valence-electron chi connectivity index (χ0n) is 13.2. The minimum atomic E-state index is -3.18. The number of hydrogen-bond donors (Lipinski definition) is 0. The van der Waals surface area contributed by atoms with Gasteiger partial charge in [-0.3, -0.25) is 4.79 Å². The van der Waals surface area contributed by atoms with Crippen molar-refractivity contribution in [3.05, 3.63) is 35.1 Å². The Kier molecular flexibility index (Phi) is 4.42. The molecule has 1 atom stereocenters. The van der Waals surface area contributed by atoms with E-state index in [0.717, 1.165) is 12.8 Å². The molecule has 2 aliphatic rings. The molecular weight excluding hydrogens is 319 g/mol. The van der Waals surface area contributed by atoms with Crippen molar-refractivity contribution in [2.24, 2.45) is 0 Å². The molecule has 1 aromatic rings. The number of amides is 1. The van der Waals surface area contributed by atoms with Gasteiger partial charge in [0.15, 0.2) is 0 Å². The Labute approximate surface area is 136 Å². The van der Waals surface area contributed by atoms with E-state index in [0.29, 0.717) is 37.2 Å². The standard InChI is InChI=1S/C16H21FN2O3S/c1-12-14(6-2-7-15(12)17)16(20)18-8-3-5-13(11-18)19-9-4-10-23(19,21)22/h2,6-7,13H,3-5,8-11H2,1H3/t13-/m0/s1. The Morgan fingerprint density at radius 1 is 1.26 bits per heavy atom. The molecule has 0 radical (unpaired) electrons. The molecule has 2 aliphatic heterocycles. The van der Waals surface area contributed by atoms with Gasteiger partial charge in [-0.15, -0.1) is 0 Å². The first-order chi connectivity index (χ1) is 10.9. The summed E-state index contributed by atoms with van der Waals surface area (Å²) in [5, 5.41) is 0. The topological polar surface area (TPSA) is 57.7 Å². The van der Waals surface area contributed by atoms with E-state index >= 15 is 0 Å². The van der Waals surface area contributed by atoms with Crippen molar-refractivity contribution in [3.8, 4) is 0 Å². The molecule has 0 bridgehead atoms. The molecule has 0 unspecified atom stereocenters. The summed E-state index contributed by atoms with van der Waals surface area (Å²) in [6.07, 6.45) is 2.18. The first kappa shape index (κ1) is 16.4. The van der Waals surface area contributed by atoms with Crippen molar-refractivity contribution >= 4 is 15.9 Å². The second-order valence-corrected chi connectivity index (χ2v) is 8.28. The normalized spacial score (nSPS) is 24.8. The quantitative estimate of drug-likeness (QED) is 0.824. The van der Waals surface area contributed by atoms with Crippen molar-refractivity contribution in [2.45, 2.75) is 32.2 Å². The first-order valence-corrected chi connectivity index (χ1v) is 9.55. The zero-order valence-corrected chi connectivity index (χ0v) is 14.0. The SMILES string of the molecule is Cc1c(F)cccc1C(=O)N1CCC[C@H](N2CCCS2(=O)=O)C1. The van der Waals surface area contributed by atoms with Crippen LogP contribution in [0.5, 0.6) is 0 Å². The van der Waals surface area contributed by atoms with E-state index in [-0.39, 0.29) is 17.7 Å². The fourth-order valence-electron chi connectivity index (χ4n) is 3.45. The minimum absolute atomic E-state index is 0.158. The van der Waals surface area contributed by atoms with Crippen molar-refractivity contribution in [1.82, 2.24) is 9.21 Å². The van der Waals surface area contributed by atoms with Crippen molar-refractivity contribution < 1.29 is 17.6 Å². The lowest BCUT2D eigenvalue weighted by molar-refractivity contribution is 0.0657. The maximum atomic E-state index is 13.7. The van der Waals surface area contributed by atoms with Crippen LogP contribution >= 0.6 is 0 Å². The number of rotatable bonds is 2. The fourth-order valence-corrected chi connectivity index (χ4v) is 5.21. The molecule has 0 spiro atoms. The molecule has 126 valence electrons.